The number of fused-ring (bicyclic) bond motifs is 1. The second-order valence-electron chi connectivity index (χ2n) is 14.7. The van der Waals surface area contributed by atoms with Gasteiger partial charge in [-0.25, -0.2) is 0 Å². The molecule has 3 rings (SSSR count). The van der Waals surface area contributed by atoms with Gasteiger partial charge in [0, 0.05) is 22.6 Å². The highest BCUT2D eigenvalue weighted by Gasteiger charge is 2.33. The summed E-state index contributed by atoms with van der Waals surface area (Å²) >= 11 is 12.1. The topological polar surface area (TPSA) is 254 Å². The lowest BCUT2D eigenvalue weighted by Crippen LogP contribution is -2.57. The van der Waals surface area contributed by atoms with Crippen molar-refractivity contribution in [2.75, 3.05) is 55.8 Å². The average Bonchev–Trinajstić information content (AvgIpc) is 3.23. The maximum atomic E-state index is 14.1. The normalized spacial score (nSPS) is 15.0. The summed E-state index contributed by atoms with van der Waals surface area (Å²) in [6, 6.07) is 7.80. The Morgan fingerprint density at radius 1 is 0.754 bits per heavy atom. The number of rotatable bonds is 23. The number of nitrogens with zero attached hydrogens (tertiary/aromatic N) is 2. The van der Waals surface area contributed by atoms with Crippen LogP contribution in [0.15, 0.2) is 60.8 Å². The molecule has 0 aliphatic heterocycles. The summed E-state index contributed by atoms with van der Waals surface area (Å²) in [5.74, 6) is -4.07. The van der Waals surface area contributed by atoms with E-state index in [1.54, 1.807) is 37.4 Å². The Labute approximate surface area is 368 Å². The van der Waals surface area contributed by atoms with E-state index < -0.39 is 77.4 Å². The minimum Gasteiger partial charge on any atom is -0.349 e. The van der Waals surface area contributed by atoms with Crippen molar-refractivity contribution in [3.05, 3.63) is 71.9 Å². The Kier molecular flexibility index (Phi) is 20.2. The number of anilines is 1. The summed E-state index contributed by atoms with van der Waals surface area (Å²) in [5, 5.41) is 13.7. The number of nitrogens with one attached hydrogen (secondary N) is 5. The molecule has 0 saturated carbocycles. The molecule has 0 aliphatic carbocycles. The molecular weight excluding hydrogens is 858 g/mol. The molecule has 0 spiro atoms. The van der Waals surface area contributed by atoms with Crippen molar-refractivity contribution in [2.24, 2.45) is 17.2 Å². The van der Waals surface area contributed by atoms with Gasteiger partial charge in [0.15, 0.2) is 6.54 Å². The number of pyridine rings is 1. The molecule has 0 aliphatic rings. The predicted octanol–water partition coefficient (Wildman–Crippen LogP) is 0.552. The molecule has 22 heteroatoms. The standard InChI is InChI=1S/C39H53F3N10O6S3/c1-52(15-13-46-34(54)27(43)20-59,19-33(53)51-36(56)29(45)22-61)14-5-10-31(49-35(55)28(44)21-60)38(58)50-32(12-11-23-6-4-8-25(16-23)39(40,41)42)37(57)48-26-17-24-7-2-3-9-30(24)47-18-26/h2-4,6-9,16-18,27-29,31-32H,5,10-15,19-22,43-45H2,1H3,(H7-,46,48,49,50,51,53,54,55,56,57,58,59,60,61)/p+1/t27?,28?,29?,31-,32+,52?/m0/s1. The van der Waals surface area contributed by atoms with E-state index in [0.717, 1.165) is 12.1 Å². The Bertz CT molecular complexity index is 2000. The van der Waals surface area contributed by atoms with Crippen LogP contribution in [-0.2, 0) is 41.4 Å². The highest BCUT2D eigenvalue weighted by Crippen LogP contribution is 2.30. The summed E-state index contributed by atoms with van der Waals surface area (Å²) in [6.45, 7) is 0.150. The number of halogens is 3. The largest absolute Gasteiger partial charge is 0.416 e. The molecule has 334 valence electrons. The minimum atomic E-state index is -4.60. The van der Waals surface area contributed by atoms with E-state index in [9.17, 15) is 41.9 Å². The number of amides is 6. The van der Waals surface area contributed by atoms with Crippen LogP contribution in [0.2, 0.25) is 0 Å². The van der Waals surface area contributed by atoms with Crippen molar-refractivity contribution in [1.82, 2.24) is 26.3 Å². The number of alkyl halides is 3. The summed E-state index contributed by atoms with van der Waals surface area (Å²) in [5.41, 5.74) is 17.8. The fourth-order valence-electron chi connectivity index (χ4n) is 6.06. The Morgan fingerprint density at radius 3 is 2.05 bits per heavy atom. The average molecular weight is 912 g/mol. The van der Waals surface area contributed by atoms with Crippen molar-refractivity contribution in [2.45, 2.75) is 62.1 Å². The van der Waals surface area contributed by atoms with Crippen molar-refractivity contribution in [1.29, 1.82) is 0 Å². The van der Waals surface area contributed by atoms with Gasteiger partial charge in [0.05, 0.1) is 67.8 Å². The quantitative estimate of drug-likeness (QED) is 0.0466. The molecule has 0 bridgehead atoms. The molecule has 16 nitrogen and oxygen atoms in total. The zero-order valence-electron chi connectivity index (χ0n) is 33.5. The molecule has 4 unspecified atom stereocenters. The number of aryl methyl sites for hydroxylation is 1. The molecule has 0 radical (unpaired) electrons. The van der Waals surface area contributed by atoms with Crippen LogP contribution in [0.25, 0.3) is 10.9 Å². The maximum Gasteiger partial charge on any atom is 0.416 e. The Balaban J connectivity index is 1.88. The zero-order chi connectivity index (χ0) is 45.3. The van der Waals surface area contributed by atoms with Crippen molar-refractivity contribution in [3.63, 3.8) is 0 Å². The number of imide groups is 1. The summed E-state index contributed by atoms with van der Waals surface area (Å²) < 4.78 is 40.5. The van der Waals surface area contributed by atoms with Gasteiger partial charge in [-0.1, -0.05) is 36.4 Å². The van der Waals surface area contributed by atoms with E-state index >= 15 is 0 Å². The number of hydrogen-bond donors (Lipinski definition) is 11. The van der Waals surface area contributed by atoms with Crippen molar-refractivity contribution in [3.8, 4) is 0 Å². The van der Waals surface area contributed by atoms with Crippen molar-refractivity contribution >= 4 is 89.9 Å². The first-order chi connectivity index (χ1) is 28.8. The molecule has 1 heterocycles. The highest BCUT2D eigenvalue weighted by atomic mass is 32.1. The van der Waals surface area contributed by atoms with Gasteiger partial charge in [-0.3, -0.25) is 39.1 Å². The van der Waals surface area contributed by atoms with Gasteiger partial charge in [0.2, 0.25) is 29.5 Å². The number of nitrogens with two attached hydrogens (primary N) is 3. The van der Waals surface area contributed by atoms with Gasteiger partial charge in [-0.15, -0.1) is 0 Å². The second kappa shape index (κ2) is 24.3. The van der Waals surface area contributed by atoms with Crippen LogP contribution in [0.3, 0.4) is 0 Å². The van der Waals surface area contributed by atoms with Crippen LogP contribution in [0.1, 0.15) is 30.4 Å². The molecule has 61 heavy (non-hydrogen) atoms. The van der Waals surface area contributed by atoms with E-state index in [-0.39, 0.29) is 79.2 Å². The number of carbonyl (C=O) groups is 6. The van der Waals surface area contributed by atoms with Crippen LogP contribution >= 0.6 is 37.9 Å². The van der Waals surface area contributed by atoms with Crippen LogP contribution in [0, 0.1) is 0 Å². The van der Waals surface area contributed by atoms with E-state index in [2.05, 4.69) is 69.5 Å². The zero-order valence-corrected chi connectivity index (χ0v) is 36.2. The fourth-order valence-corrected chi connectivity index (χ4v) is 6.56. The third-order valence-corrected chi connectivity index (χ3v) is 10.8. The van der Waals surface area contributed by atoms with Gasteiger partial charge in [0.1, 0.15) is 12.1 Å². The van der Waals surface area contributed by atoms with Gasteiger partial charge in [-0.05, 0) is 49.4 Å². The molecular formula is C39H54F3N10O6S3+. The van der Waals surface area contributed by atoms with Gasteiger partial charge in [0.25, 0.3) is 5.91 Å². The monoisotopic (exact) mass is 911 g/mol. The lowest BCUT2D eigenvalue weighted by molar-refractivity contribution is -0.901. The molecule has 11 N–H and O–H groups in total. The lowest BCUT2D eigenvalue weighted by Gasteiger charge is -2.34. The molecule has 6 amide bonds. The number of aromatic nitrogens is 1. The molecule has 0 saturated heterocycles. The minimum absolute atomic E-state index is 0.0108. The summed E-state index contributed by atoms with van der Waals surface area (Å²) in [6.07, 6.45) is -3.26. The molecule has 6 atom stereocenters. The molecule has 3 aromatic rings. The number of para-hydroxylation sites is 1. The summed E-state index contributed by atoms with van der Waals surface area (Å²) in [4.78, 5) is 83.1. The number of quaternary nitrogens is 1. The second-order valence-corrected chi connectivity index (χ2v) is 15.8. The van der Waals surface area contributed by atoms with E-state index in [4.69, 9.17) is 17.2 Å². The number of likely N-dealkylation sites (N-methyl/N-ethyl adjacent to an activating group) is 1. The third kappa shape index (κ3) is 16.7. The van der Waals surface area contributed by atoms with E-state index in [1.807, 2.05) is 0 Å². The van der Waals surface area contributed by atoms with Crippen LogP contribution in [0.5, 0.6) is 0 Å². The van der Waals surface area contributed by atoms with Gasteiger partial charge in [-0.2, -0.15) is 51.1 Å². The lowest BCUT2D eigenvalue weighted by atomic mass is 10.0. The Hall–Kier alpha value is -4.45. The van der Waals surface area contributed by atoms with Crippen LogP contribution < -0.4 is 43.8 Å². The fraction of sp³-hybridized carbons (Fsp3) is 0.462. The Morgan fingerprint density at radius 2 is 1.38 bits per heavy atom. The predicted molar refractivity (Wildman–Crippen MR) is 236 cm³/mol. The van der Waals surface area contributed by atoms with Gasteiger partial charge >= 0.3 is 6.18 Å². The van der Waals surface area contributed by atoms with Crippen molar-refractivity contribution < 1.29 is 46.4 Å². The summed E-state index contributed by atoms with van der Waals surface area (Å²) in [7, 11) is 1.69. The van der Waals surface area contributed by atoms with Crippen LogP contribution in [-0.4, -0.2) is 126 Å². The number of carbonyl (C=O) groups excluding carboxylic acids is 6. The SMILES string of the molecule is C[N+](CCC[C@H](NC(=O)C(N)CS)C(=O)N[C@H](CCc1cccc(C(F)(F)F)c1)C(=O)Nc1cnc2ccccc2c1)(CCNC(=O)C(N)CS)CC(=O)NC(=O)C(N)CS. The molecule has 2 aromatic carbocycles. The first kappa shape index (κ1) is 50.9. The number of thiol groups is 3. The number of benzene rings is 2. The molecule has 1 aromatic heterocycles. The van der Waals surface area contributed by atoms with E-state index in [0.29, 0.717) is 16.6 Å². The molecule has 0 fully saturated rings. The maximum absolute atomic E-state index is 14.1. The van der Waals surface area contributed by atoms with Gasteiger partial charge < -0.3 is 43.0 Å². The first-order valence-corrected chi connectivity index (χ1v) is 21.2. The third-order valence-electron chi connectivity index (χ3n) is 9.63. The first-order valence-electron chi connectivity index (χ1n) is 19.3. The highest BCUT2D eigenvalue weighted by molar-refractivity contribution is 7.80. The van der Waals surface area contributed by atoms with Crippen LogP contribution in [0.4, 0.5) is 18.9 Å². The number of hydrogen-bond acceptors (Lipinski definition) is 13. The van der Waals surface area contributed by atoms with E-state index in [1.165, 1.54) is 18.3 Å². The smallest absolute Gasteiger partial charge is 0.349 e.